The van der Waals surface area contributed by atoms with E-state index in [4.69, 9.17) is 4.74 Å². The molecule has 1 aromatic heterocycles. The van der Waals surface area contributed by atoms with Crippen LogP contribution in [0.25, 0.3) is 0 Å². The van der Waals surface area contributed by atoms with Crippen LogP contribution in [0.3, 0.4) is 0 Å². The summed E-state index contributed by atoms with van der Waals surface area (Å²) in [5, 5.41) is 11.6. The average molecular weight is 281 g/mol. The number of aryl methyl sites for hydroxylation is 1. The van der Waals surface area contributed by atoms with Crippen molar-refractivity contribution in [1.29, 1.82) is 0 Å². The number of aliphatic carboxylic acids is 1. The van der Waals surface area contributed by atoms with Gasteiger partial charge in [0.05, 0.1) is 12.2 Å². The van der Waals surface area contributed by atoms with E-state index in [1.54, 1.807) is 12.5 Å². The Bertz CT molecular complexity index is 470. The summed E-state index contributed by atoms with van der Waals surface area (Å²) >= 11 is 0. The minimum Gasteiger partial charge on any atom is -0.481 e. The number of carbonyl (C=O) groups is 2. The Labute approximate surface area is 117 Å². The zero-order chi connectivity index (χ0) is 15.0. The molecule has 0 fully saturated rings. The van der Waals surface area contributed by atoms with Gasteiger partial charge in [0.15, 0.2) is 0 Å². The number of carboxylic acids is 1. The number of nitrogens with one attached hydrogen (secondary N) is 1. The molecule has 20 heavy (non-hydrogen) atoms. The van der Waals surface area contributed by atoms with Crippen molar-refractivity contribution in [2.24, 2.45) is 5.92 Å². The Morgan fingerprint density at radius 1 is 1.65 bits per heavy atom. The molecule has 110 valence electrons. The number of amides is 1. The van der Waals surface area contributed by atoms with Crippen molar-refractivity contribution >= 4 is 12.1 Å². The monoisotopic (exact) mass is 281 g/mol. The molecule has 0 aromatic carbocycles. The van der Waals surface area contributed by atoms with E-state index in [2.05, 4.69) is 16.9 Å². The molecule has 0 aliphatic carbocycles. The largest absolute Gasteiger partial charge is 0.481 e. The molecule has 0 spiro atoms. The first kappa shape index (κ1) is 15.7. The van der Waals surface area contributed by atoms with E-state index < -0.39 is 18.0 Å². The summed E-state index contributed by atoms with van der Waals surface area (Å²) in [6.45, 7) is 6.17. The first-order chi connectivity index (χ1) is 9.58. The second-order valence-electron chi connectivity index (χ2n) is 4.18. The third-order valence-electron chi connectivity index (χ3n) is 2.77. The number of imidazole rings is 1. The van der Waals surface area contributed by atoms with Crippen molar-refractivity contribution < 1.29 is 19.4 Å². The van der Waals surface area contributed by atoms with Gasteiger partial charge < -0.3 is 19.7 Å². The zero-order valence-electron chi connectivity index (χ0n) is 11.4. The van der Waals surface area contributed by atoms with Gasteiger partial charge in [-0.3, -0.25) is 4.79 Å². The third-order valence-corrected chi connectivity index (χ3v) is 2.77. The predicted octanol–water partition coefficient (Wildman–Crippen LogP) is 1.06. The summed E-state index contributed by atoms with van der Waals surface area (Å²) in [6.07, 6.45) is 4.37. The van der Waals surface area contributed by atoms with E-state index in [1.807, 2.05) is 11.5 Å². The zero-order valence-corrected chi connectivity index (χ0v) is 11.4. The van der Waals surface area contributed by atoms with Crippen molar-refractivity contribution in [2.75, 3.05) is 13.2 Å². The maximum absolute atomic E-state index is 11.3. The molecule has 1 unspecified atom stereocenters. The van der Waals surface area contributed by atoms with Gasteiger partial charge in [-0.1, -0.05) is 12.7 Å². The molecule has 0 saturated carbocycles. The second kappa shape index (κ2) is 7.98. The van der Waals surface area contributed by atoms with Crippen LogP contribution < -0.4 is 5.32 Å². The summed E-state index contributed by atoms with van der Waals surface area (Å²) in [6, 6.07) is 0. The molecule has 7 nitrogen and oxygen atoms in total. The molecule has 1 aromatic rings. The van der Waals surface area contributed by atoms with Gasteiger partial charge in [0.25, 0.3) is 0 Å². The summed E-state index contributed by atoms with van der Waals surface area (Å²) in [5.74, 6) is -1.70. The number of carbonyl (C=O) groups excluding carboxylic acids is 1. The number of aromatic nitrogens is 2. The lowest BCUT2D eigenvalue weighted by Crippen LogP contribution is -2.34. The smallest absolute Gasteiger partial charge is 0.407 e. The molecule has 0 bridgehead atoms. The van der Waals surface area contributed by atoms with Crippen LogP contribution in [-0.4, -0.2) is 39.9 Å². The molecule has 1 atom stereocenters. The highest BCUT2D eigenvalue weighted by Crippen LogP contribution is 2.09. The Morgan fingerprint density at radius 3 is 3.00 bits per heavy atom. The molecule has 2 N–H and O–H groups in total. The number of alkyl carbamates (subject to hydrolysis) is 1. The molecule has 0 aliphatic rings. The summed E-state index contributed by atoms with van der Waals surface area (Å²) in [4.78, 5) is 26.5. The summed E-state index contributed by atoms with van der Waals surface area (Å²) in [5.41, 5.74) is 0.821. The molecule has 1 rings (SSSR count). The molecular weight excluding hydrogens is 262 g/mol. The van der Waals surface area contributed by atoms with Gasteiger partial charge in [0.1, 0.15) is 6.61 Å². The van der Waals surface area contributed by atoms with Gasteiger partial charge in [-0.15, -0.1) is 0 Å². The quantitative estimate of drug-likeness (QED) is 0.695. The standard InChI is InChI=1S/C13H19N3O4/c1-3-5-20-13(19)15-7-10(12(17)18)6-11-8-14-9-16(11)4-2/h3,8-10H,1,4-7H2,2H3,(H,15,19)(H,17,18). The fourth-order valence-electron chi connectivity index (χ4n) is 1.69. The van der Waals surface area contributed by atoms with Crippen LogP contribution in [0.5, 0.6) is 0 Å². The second-order valence-corrected chi connectivity index (χ2v) is 4.18. The SMILES string of the molecule is C=CCOC(=O)NCC(Cc1cncn1CC)C(=O)O. The Balaban J connectivity index is 2.55. The van der Waals surface area contributed by atoms with E-state index >= 15 is 0 Å². The van der Waals surface area contributed by atoms with Crippen molar-refractivity contribution in [3.8, 4) is 0 Å². The fraction of sp³-hybridized carbons (Fsp3) is 0.462. The van der Waals surface area contributed by atoms with E-state index in [-0.39, 0.29) is 13.2 Å². The Morgan fingerprint density at radius 2 is 2.40 bits per heavy atom. The number of hydrogen-bond acceptors (Lipinski definition) is 4. The van der Waals surface area contributed by atoms with Crippen molar-refractivity contribution in [3.63, 3.8) is 0 Å². The molecule has 0 saturated heterocycles. The van der Waals surface area contributed by atoms with E-state index in [9.17, 15) is 14.7 Å². The molecule has 0 radical (unpaired) electrons. The van der Waals surface area contributed by atoms with Crippen molar-refractivity contribution in [1.82, 2.24) is 14.9 Å². The molecule has 1 heterocycles. The molecule has 7 heteroatoms. The Hall–Kier alpha value is -2.31. The van der Waals surface area contributed by atoms with Gasteiger partial charge in [0.2, 0.25) is 0 Å². The third kappa shape index (κ3) is 4.75. The number of hydrogen-bond donors (Lipinski definition) is 2. The number of nitrogens with zero attached hydrogens (tertiary/aromatic N) is 2. The first-order valence-electron chi connectivity index (χ1n) is 6.31. The van der Waals surface area contributed by atoms with E-state index in [0.717, 1.165) is 12.2 Å². The topological polar surface area (TPSA) is 93.5 Å². The highest BCUT2D eigenvalue weighted by atomic mass is 16.5. The number of carboxylic acid groups (broad SMARTS) is 1. The normalized spacial score (nSPS) is 11.7. The van der Waals surface area contributed by atoms with Crippen LogP contribution in [0.4, 0.5) is 4.79 Å². The minimum absolute atomic E-state index is 0.000202. The lowest BCUT2D eigenvalue weighted by molar-refractivity contribution is -0.141. The van der Waals surface area contributed by atoms with Gasteiger partial charge in [-0.05, 0) is 6.92 Å². The summed E-state index contributed by atoms with van der Waals surface area (Å²) < 4.78 is 6.59. The van der Waals surface area contributed by atoms with Crippen LogP contribution in [0, 0.1) is 5.92 Å². The van der Waals surface area contributed by atoms with E-state index in [0.29, 0.717) is 6.42 Å². The first-order valence-corrected chi connectivity index (χ1v) is 6.31. The highest BCUT2D eigenvalue weighted by molar-refractivity contribution is 5.72. The van der Waals surface area contributed by atoms with Gasteiger partial charge >= 0.3 is 12.1 Å². The number of ether oxygens (including phenoxy) is 1. The number of rotatable bonds is 8. The van der Waals surface area contributed by atoms with Crippen LogP contribution >= 0.6 is 0 Å². The summed E-state index contributed by atoms with van der Waals surface area (Å²) in [7, 11) is 0. The lowest BCUT2D eigenvalue weighted by Gasteiger charge is -2.14. The van der Waals surface area contributed by atoms with Gasteiger partial charge in [0, 0.05) is 31.4 Å². The predicted molar refractivity (Wildman–Crippen MR) is 72.3 cm³/mol. The lowest BCUT2D eigenvalue weighted by atomic mass is 10.0. The highest BCUT2D eigenvalue weighted by Gasteiger charge is 2.20. The maximum atomic E-state index is 11.3. The fourth-order valence-corrected chi connectivity index (χ4v) is 1.69. The average Bonchev–Trinajstić information content (AvgIpc) is 2.87. The van der Waals surface area contributed by atoms with Gasteiger partial charge in [-0.25, -0.2) is 9.78 Å². The van der Waals surface area contributed by atoms with Gasteiger partial charge in [-0.2, -0.15) is 0 Å². The minimum atomic E-state index is -0.974. The molecule has 1 amide bonds. The maximum Gasteiger partial charge on any atom is 0.407 e. The molecular formula is C13H19N3O4. The van der Waals surface area contributed by atoms with E-state index in [1.165, 1.54) is 6.08 Å². The van der Waals surface area contributed by atoms with Crippen molar-refractivity contribution in [3.05, 3.63) is 30.9 Å². The van der Waals surface area contributed by atoms with Crippen molar-refractivity contribution in [2.45, 2.75) is 19.9 Å². The van der Waals surface area contributed by atoms with Crippen LogP contribution in [0.2, 0.25) is 0 Å². The Kier molecular flexibility index (Phi) is 6.28. The van der Waals surface area contributed by atoms with Crippen LogP contribution in [-0.2, 0) is 22.5 Å². The van der Waals surface area contributed by atoms with Crippen LogP contribution in [0.15, 0.2) is 25.2 Å². The molecule has 0 aliphatic heterocycles. The van der Waals surface area contributed by atoms with Crippen LogP contribution in [0.1, 0.15) is 12.6 Å².